The third-order valence-electron chi connectivity index (χ3n) is 6.86. The highest BCUT2D eigenvalue weighted by atomic mass is 35.5. The van der Waals surface area contributed by atoms with Crippen molar-refractivity contribution in [1.82, 2.24) is 9.80 Å². The van der Waals surface area contributed by atoms with Crippen LogP contribution in [0.1, 0.15) is 42.9 Å². The molecule has 4 nitrogen and oxygen atoms in total. The lowest BCUT2D eigenvalue weighted by molar-refractivity contribution is -0.135. The molecule has 0 saturated carbocycles. The fourth-order valence-electron chi connectivity index (χ4n) is 5.31. The Morgan fingerprint density at radius 3 is 2.50 bits per heavy atom. The van der Waals surface area contributed by atoms with Gasteiger partial charge >= 0.3 is 0 Å². The van der Waals surface area contributed by atoms with Crippen molar-refractivity contribution < 1.29 is 4.79 Å². The highest BCUT2D eigenvalue weighted by Crippen LogP contribution is 2.43. The fraction of sp³-hybridized carbons (Fsp3) is 0.480. The number of hydrogen-bond donors (Lipinski definition) is 1. The van der Waals surface area contributed by atoms with E-state index in [-0.39, 0.29) is 11.4 Å². The SMILES string of the molecule is CCCN1CCc2ccccc2C12CCN(C(=O)C(N)Cc1ccc(Cl)cc1)CC2. The highest BCUT2D eigenvalue weighted by molar-refractivity contribution is 6.30. The van der Waals surface area contributed by atoms with Gasteiger partial charge in [0, 0.05) is 30.2 Å². The summed E-state index contributed by atoms with van der Waals surface area (Å²) in [4.78, 5) is 17.7. The maximum atomic E-state index is 13.1. The van der Waals surface area contributed by atoms with Crippen LogP contribution >= 0.6 is 11.6 Å². The smallest absolute Gasteiger partial charge is 0.239 e. The number of carbonyl (C=O) groups is 1. The molecule has 1 unspecified atom stereocenters. The van der Waals surface area contributed by atoms with Crippen molar-refractivity contribution in [2.24, 2.45) is 5.73 Å². The number of likely N-dealkylation sites (tertiary alicyclic amines) is 1. The summed E-state index contributed by atoms with van der Waals surface area (Å²) in [5.74, 6) is 0.0611. The largest absolute Gasteiger partial charge is 0.341 e. The van der Waals surface area contributed by atoms with E-state index < -0.39 is 6.04 Å². The van der Waals surface area contributed by atoms with Crippen LogP contribution in [-0.4, -0.2) is 47.9 Å². The molecule has 2 heterocycles. The third-order valence-corrected chi connectivity index (χ3v) is 7.11. The quantitative estimate of drug-likeness (QED) is 0.787. The molecule has 2 aromatic carbocycles. The molecule has 5 heteroatoms. The molecular formula is C25H32ClN3O. The van der Waals surface area contributed by atoms with Crippen molar-refractivity contribution >= 4 is 17.5 Å². The molecule has 1 fully saturated rings. The second kappa shape index (κ2) is 9.09. The second-order valence-corrected chi connectivity index (χ2v) is 9.12. The molecule has 0 bridgehead atoms. The van der Waals surface area contributed by atoms with Crippen molar-refractivity contribution in [3.8, 4) is 0 Å². The Hall–Kier alpha value is -1.88. The Labute approximate surface area is 185 Å². The molecule has 0 radical (unpaired) electrons. The molecule has 0 aromatic heterocycles. The van der Waals surface area contributed by atoms with Gasteiger partial charge in [0.05, 0.1) is 6.04 Å². The van der Waals surface area contributed by atoms with Crippen LogP contribution in [0.3, 0.4) is 0 Å². The van der Waals surface area contributed by atoms with Gasteiger partial charge in [-0.05, 0) is 67.5 Å². The Morgan fingerprint density at radius 1 is 1.10 bits per heavy atom. The lowest BCUT2D eigenvalue weighted by Crippen LogP contribution is -2.58. The van der Waals surface area contributed by atoms with Gasteiger partial charge in [-0.15, -0.1) is 0 Å². The molecule has 2 N–H and O–H groups in total. The Balaban J connectivity index is 1.46. The van der Waals surface area contributed by atoms with E-state index in [2.05, 4.69) is 36.1 Å². The molecular weight excluding hydrogens is 394 g/mol. The fourth-order valence-corrected chi connectivity index (χ4v) is 5.43. The standard InChI is InChI=1S/C25H32ClN3O/c1-2-14-29-15-11-20-5-3-4-6-22(20)25(29)12-16-28(17-13-25)24(30)23(27)18-19-7-9-21(26)10-8-19/h3-10,23H,2,11-18,27H2,1H3. The van der Waals surface area contributed by atoms with Crippen molar-refractivity contribution in [1.29, 1.82) is 0 Å². The molecule has 0 aliphatic carbocycles. The number of nitrogens with two attached hydrogens (primary N) is 1. The summed E-state index contributed by atoms with van der Waals surface area (Å²) in [7, 11) is 0. The van der Waals surface area contributed by atoms with Gasteiger partial charge in [-0.1, -0.05) is 54.9 Å². The second-order valence-electron chi connectivity index (χ2n) is 8.69. The molecule has 2 aliphatic rings. The number of hydrogen-bond acceptors (Lipinski definition) is 3. The van der Waals surface area contributed by atoms with Crippen LogP contribution in [0.5, 0.6) is 0 Å². The molecule has 1 amide bonds. The first-order valence-corrected chi connectivity index (χ1v) is 11.5. The minimum atomic E-state index is -0.509. The summed E-state index contributed by atoms with van der Waals surface area (Å²) in [5, 5.41) is 0.698. The maximum absolute atomic E-state index is 13.1. The number of carbonyl (C=O) groups excluding carboxylic acids is 1. The van der Waals surface area contributed by atoms with Crippen LogP contribution < -0.4 is 5.73 Å². The first-order chi connectivity index (χ1) is 14.5. The molecule has 1 spiro atoms. The monoisotopic (exact) mass is 425 g/mol. The van der Waals surface area contributed by atoms with Crippen molar-refractivity contribution in [2.45, 2.75) is 50.6 Å². The minimum Gasteiger partial charge on any atom is -0.341 e. The van der Waals surface area contributed by atoms with E-state index in [1.165, 1.54) is 11.1 Å². The van der Waals surface area contributed by atoms with Gasteiger partial charge in [-0.25, -0.2) is 0 Å². The van der Waals surface area contributed by atoms with E-state index in [1.54, 1.807) is 0 Å². The van der Waals surface area contributed by atoms with E-state index in [1.807, 2.05) is 29.2 Å². The molecule has 1 saturated heterocycles. The zero-order valence-corrected chi connectivity index (χ0v) is 18.6. The lowest BCUT2D eigenvalue weighted by Gasteiger charge is -2.52. The third kappa shape index (κ3) is 4.14. The Bertz CT molecular complexity index is 874. The van der Waals surface area contributed by atoms with Crippen LogP contribution in [0.25, 0.3) is 0 Å². The summed E-state index contributed by atoms with van der Waals surface area (Å²) in [6.07, 6.45) is 4.76. The first-order valence-electron chi connectivity index (χ1n) is 11.2. The number of rotatable bonds is 5. The van der Waals surface area contributed by atoms with Crippen LogP contribution in [0, 0.1) is 0 Å². The van der Waals surface area contributed by atoms with E-state index >= 15 is 0 Å². The summed E-state index contributed by atoms with van der Waals surface area (Å²) in [6, 6.07) is 16.0. The summed E-state index contributed by atoms with van der Waals surface area (Å²) in [5.41, 5.74) is 10.4. The molecule has 2 aromatic rings. The number of benzene rings is 2. The van der Waals surface area contributed by atoms with Gasteiger partial charge in [-0.2, -0.15) is 0 Å². The predicted octanol–water partition coefficient (Wildman–Crippen LogP) is 4.00. The van der Waals surface area contributed by atoms with E-state index in [0.29, 0.717) is 11.4 Å². The van der Waals surface area contributed by atoms with Crippen LogP contribution in [0.4, 0.5) is 0 Å². The normalized spacial score (nSPS) is 19.5. The molecule has 160 valence electrons. The zero-order chi connectivity index (χ0) is 21.1. The van der Waals surface area contributed by atoms with E-state index in [9.17, 15) is 4.79 Å². The minimum absolute atomic E-state index is 0.0574. The molecule has 30 heavy (non-hydrogen) atoms. The van der Waals surface area contributed by atoms with Gasteiger partial charge in [-0.3, -0.25) is 9.69 Å². The van der Waals surface area contributed by atoms with Crippen LogP contribution in [-0.2, 0) is 23.2 Å². The number of piperidine rings is 1. The Kier molecular flexibility index (Phi) is 6.47. The van der Waals surface area contributed by atoms with Gasteiger partial charge in [0.1, 0.15) is 0 Å². The average Bonchev–Trinajstić information content (AvgIpc) is 2.77. The number of halogens is 1. The maximum Gasteiger partial charge on any atom is 0.239 e. The molecule has 1 atom stereocenters. The first kappa shape index (κ1) is 21.4. The highest BCUT2D eigenvalue weighted by Gasteiger charge is 2.45. The summed E-state index contributed by atoms with van der Waals surface area (Å²) >= 11 is 5.96. The number of fused-ring (bicyclic) bond motifs is 2. The predicted molar refractivity (Wildman–Crippen MR) is 123 cm³/mol. The zero-order valence-electron chi connectivity index (χ0n) is 17.8. The summed E-state index contributed by atoms with van der Waals surface area (Å²) in [6.45, 7) is 6.00. The van der Waals surface area contributed by atoms with E-state index in [0.717, 1.165) is 57.4 Å². The number of amides is 1. The van der Waals surface area contributed by atoms with Gasteiger partial charge < -0.3 is 10.6 Å². The van der Waals surface area contributed by atoms with Crippen LogP contribution in [0.2, 0.25) is 5.02 Å². The van der Waals surface area contributed by atoms with Crippen molar-refractivity contribution in [3.05, 3.63) is 70.2 Å². The topological polar surface area (TPSA) is 49.6 Å². The van der Waals surface area contributed by atoms with Gasteiger partial charge in [0.25, 0.3) is 0 Å². The molecule has 2 aliphatic heterocycles. The number of nitrogens with zero attached hydrogens (tertiary/aromatic N) is 2. The van der Waals surface area contributed by atoms with Crippen LogP contribution in [0.15, 0.2) is 48.5 Å². The molecule has 4 rings (SSSR count). The van der Waals surface area contributed by atoms with Crippen molar-refractivity contribution in [2.75, 3.05) is 26.2 Å². The van der Waals surface area contributed by atoms with Gasteiger partial charge in [0.15, 0.2) is 0 Å². The summed E-state index contributed by atoms with van der Waals surface area (Å²) < 4.78 is 0. The average molecular weight is 426 g/mol. The Morgan fingerprint density at radius 2 is 1.80 bits per heavy atom. The lowest BCUT2D eigenvalue weighted by atomic mass is 9.74. The van der Waals surface area contributed by atoms with Crippen molar-refractivity contribution in [3.63, 3.8) is 0 Å². The van der Waals surface area contributed by atoms with Gasteiger partial charge in [0.2, 0.25) is 5.91 Å². The van der Waals surface area contributed by atoms with E-state index in [4.69, 9.17) is 17.3 Å².